The predicted molar refractivity (Wildman–Crippen MR) is 86.4 cm³/mol. The summed E-state index contributed by atoms with van der Waals surface area (Å²) >= 11 is 0. The van der Waals surface area contributed by atoms with Gasteiger partial charge in [0.1, 0.15) is 0 Å². The van der Waals surface area contributed by atoms with Crippen molar-refractivity contribution >= 4 is 11.8 Å². The molecule has 0 saturated heterocycles. The van der Waals surface area contributed by atoms with Gasteiger partial charge in [-0.15, -0.1) is 0 Å². The number of hydrogen-bond donors (Lipinski definition) is 1. The Labute approximate surface area is 130 Å². The lowest BCUT2D eigenvalue weighted by molar-refractivity contribution is 0.0742. The fourth-order valence-corrected chi connectivity index (χ4v) is 2.29. The van der Waals surface area contributed by atoms with Gasteiger partial charge in [0.25, 0.3) is 5.91 Å². The van der Waals surface area contributed by atoms with Gasteiger partial charge in [-0.1, -0.05) is 37.3 Å². The van der Waals surface area contributed by atoms with Gasteiger partial charge >= 0.3 is 0 Å². The molecular formula is C18H20N2O2. The summed E-state index contributed by atoms with van der Waals surface area (Å²) < 4.78 is 0. The van der Waals surface area contributed by atoms with Crippen LogP contribution in [-0.4, -0.2) is 23.3 Å². The zero-order chi connectivity index (χ0) is 15.9. The van der Waals surface area contributed by atoms with Crippen LogP contribution in [0.25, 0.3) is 0 Å². The highest BCUT2D eigenvalue weighted by Gasteiger charge is 2.15. The molecule has 2 aromatic carbocycles. The van der Waals surface area contributed by atoms with Crippen molar-refractivity contribution in [1.82, 2.24) is 4.90 Å². The highest BCUT2D eigenvalue weighted by atomic mass is 16.2. The van der Waals surface area contributed by atoms with E-state index in [2.05, 4.69) is 0 Å². The summed E-state index contributed by atoms with van der Waals surface area (Å²) in [5.41, 5.74) is 7.28. The second kappa shape index (κ2) is 7.41. The van der Waals surface area contributed by atoms with Crippen LogP contribution in [0.2, 0.25) is 0 Å². The molecule has 0 bridgehead atoms. The Balaban J connectivity index is 2.16. The lowest BCUT2D eigenvalue weighted by atomic mass is 10.1. The van der Waals surface area contributed by atoms with Crippen molar-refractivity contribution in [3.63, 3.8) is 0 Å². The molecular weight excluding hydrogens is 276 g/mol. The van der Waals surface area contributed by atoms with Crippen LogP contribution < -0.4 is 5.73 Å². The van der Waals surface area contributed by atoms with Crippen molar-refractivity contribution in [3.05, 3.63) is 71.3 Å². The molecule has 0 heterocycles. The van der Waals surface area contributed by atoms with Crippen LogP contribution in [0.15, 0.2) is 54.6 Å². The van der Waals surface area contributed by atoms with Crippen molar-refractivity contribution in [2.75, 3.05) is 6.54 Å². The van der Waals surface area contributed by atoms with Gasteiger partial charge in [-0.2, -0.15) is 0 Å². The normalized spacial score (nSPS) is 10.2. The van der Waals surface area contributed by atoms with Crippen molar-refractivity contribution in [2.24, 2.45) is 5.73 Å². The third-order valence-electron chi connectivity index (χ3n) is 3.41. The molecule has 2 N–H and O–H groups in total. The maximum atomic E-state index is 12.6. The highest BCUT2D eigenvalue weighted by molar-refractivity contribution is 5.97. The van der Waals surface area contributed by atoms with Crippen LogP contribution in [0.5, 0.6) is 0 Å². The third kappa shape index (κ3) is 3.95. The van der Waals surface area contributed by atoms with E-state index in [9.17, 15) is 9.59 Å². The number of benzene rings is 2. The second-order valence-electron chi connectivity index (χ2n) is 5.15. The number of amides is 2. The molecule has 114 valence electrons. The minimum atomic E-state index is -0.492. The first-order chi connectivity index (χ1) is 10.6. The number of hydrogen-bond acceptors (Lipinski definition) is 2. The van der Waals surface area contributed by atoms with Crippen molar-refractivity contribution in [1.29, 1.82) is 0 Å². The summed E-state index contributed by atoms with van der Waals surface area (Å²) in [5.74, 6) is -0.532. The molecule has 4 heteroatoms. The minimum Gasteiger partial charge on any atom is -0.366 e. The van der Waals surface area contributed by atoms with E-state index in [0.717, 1.165) is 12.0 Å². The Bertz CT molecular complexity index is 636. The molecule has 2 aromatic rings. The number of carbonyl (C=O) groups excluding carboxylic acids is 2. The molecule has 0 aliphatic rings. The van der Waals surface area contributed by atoms with Crippen molar-refractivity contribution < 1.29 is 9.59 Å². The molecule has 2 amide bonds. The summed E-state index contributed by atoms with van der Waals surface area (Å²) in [4.78, 5) is 25.5. The third-order valence-corrected chi connectivity index (χ3v) is 3.41. The van der Waals surface area contributed by atoms with E-state index in [1.807, 2.05) is 42.2 Å². The van der Waals surface area contributed by atoms with E-state index in [0.29, 0.717) is 24.2 Å². The average Bonchev–Trinajstić information content (AvgIpc) is 2.55. The Morgan fingerprint density at radius 2 is 1.55 bits per heavy atom. The van der Waals surface area contributed by atoms with Gasteiger partial charge in [0.15, 0.2) is 0 Å². The van der Waals surface area contributed by atoms with Gasteiger partial charge in [-0.05, 0) is 36.2 Å². The lowest BCUT2D eigenvalue weighted by Crippen LogP contribution is -2.31. The molecule has 0 radical (unpaired) electrons. The molecule has 0 aliphatic heterocycles. The SMILES string of the molecule is CCCN(Cc1ccccc1)C(=O)c1ccc(C(N)=O)cc1. The first-order valence-electron chi connectivity index (χ1n) is 7.35. The second-order valence-corrected chi connectivity index (χ2v) is 5.15. The number of nitrogens with two attached hydrogens (primary N) is 1. The van der Waals surface area contributed by atoms with Crippen LogP contribution >= 0.6 is 0 Å². The summed E-state index contributed by atoms with van der Waals surface area (Å²) in [6, 6.07) is 16.4. The molecule has 22 heavy (non-hydrogen) atoms. The zero-order valence-corrected chi connectivity index (χ0v) is 12.7. The van der Waals surface area contributed by atoms with E-state index in [4.69, 9.17) is 5.73 Å². The van der Waals surface area contributed by atoms with Gasteiger partial charge in [0.2, 0.25) is 5.91 Å². The number of rotatable bonds is 6. The summed E-state index contributed by atoms with van der Waals surface area (Å²) in [6.07, 6.45) is 0.887. The quantitative estimate of drug-likeness (QED) is 0.891. The number of carbonyl (C=O) groups is 2. The van der Waals surface area contributed by atoms with E-state index < -0.39 is 5.91 Å². The standard InChI is InChI=1S/C18H20N2O2/c1-2-12-20(13-14-6-4-3-5-7-14)18(22)16-10-8-15(9-11-16)17(19)21/h3-11H,2,12-13H2,1H3,(H2,19,21). The van der Waals surface area contributed by atoms with Crippen molar-refractivity contribution in [2.45, 2.75) is 19.9 Å². The molecule has 2 rings (SSSR count). The fourth-order valence-electron chi connectivity index (χ4n) is 2.29. The fraction of sp³-hybridized carbons (Fsp3) is 0.222. The van der Waals surface area contributed by atoms with Gasteiger partial charge in [-0.25, -0.2) is 0 Å². The Morgan fingerprint density at radius 1 is 0.955 bits per heavy atom. The maximum Gasteiger partial charge on any atom is 0.254 e. The molecule has 0 atom stereocenters. The van der Waals surface area contributed by atoms with E-state index in [1.165, 1.54) is 0 Å². The smallest absolute Gasteiger partial charge is 0.254 e. The predicted octanol–water partition coefficient (Wildman–Crippen LogP) is 2.84. The Morgan fingerprint density at radius 3 is 2.09 bits per heavy atom. The first-order valence-corrected chi connectivity index (χ1v) is 7.35. The summed E-state index contributed by atoms with van der Waals surface area (Å²) in [5, 5.41) is 0. The van der Waals surface area contributed by atoms with E-state index in [1.54, 1.807) is 24.3 Å². The summed E-state index contributed by atoms with van der Waals surface area (Å²) in [6.45, 7) is 3.30. The van der Waals surface area contributed by atoms with E-state index >= 15 is 0 Å². The zero-order valence-electron chi connectivity index (χ0n) is 12.7. The van der Waals surface area contributed by atoms with Crippen LogP contribution in [0.3, 0.4) is 0 Å². The molecule has 4 nitrogen and oxygen atoms in total. The molecule has 0 spiro atoms. The Kier molecular flexibility index (Phi) is 5.31. The average molecular weight is 296 g/mol. The van der Waals surface area contributed by atoms with Gasteiger partial charge in [-0.3, -0.25) is 9.59 Å². The monoisotopic (exact) mass is 296 g/mol. The van der Waals surface area contributed by atoms with Crippen LogP contribution in [-0.2, 0) is 6.54 Å². The van der Waals surface area contributed by atoms with Gasteiger partial charge in [0, 0.05) is 24.2 Å². The van der Waals surface area contributed by atoms with Crippen LogP contribution in [0, 0.1) is 0 Å². The van der Waals surface area contributed by atoms with Crippen LogP contribution in [0.4, 0.5) is 0 Å². The summed E-state index contributed by atoms with van der Waals surface area (Å²) in [7, 11) is 0. The van der Waals surface area contributed by atoms with Crippen molar-refractivity contribution in [3.8, 4) is 0 Å². The van der Waals surface area contributed by atoms with Gasteiger partial charge in [0.05, 0.1) is 0 Å². The molecule has 0 aliphatic carbocycles. The molecule has 0 saturated carbocycles. The largest absolute Gasteiger partial charge is 0.366 e. The maximum absolute atomic E-state index is 12.6. The van der Waals surface area contributed by atoms with Gasteiger partial charge < -0.3 is 10.6 Å². The topological polar surface area (TPSA) is 63.4 Å². The Hall–Kier alpha value is -2.62. The minimum absolute atomic E-state index is 0.0401. The number of primary amides is 1. The first kappa shape index (κ1) is 15.8. The molecule has 0 aromatic heterocycles. The van der Waals surface area contributed by atoms with E-state index in [-0.39, 0.29) is 5.91 Å². The number of nitrogens with zero attached hydrogens (tertiary/aromatic N) is 1. The molecule has 0 unspecified atom stereocenters. The van der Waals surface area contributed by atoms with Crippen LogP contribution in [0.1, 0.15) is 39.6 Å². The molecule has 0 fully saturated rings. The highest BCUT2D eigenvalue weighted by Crippen LogP contribution is 2.12. The lowest BCUT2D eigenvalue weighted by Gasteiger charge is -2.22.